The molecule has 1 saturated carbocycles. The number of aromatic nitrogens is 2. The van der Waals surface area contributed by atoms with E-state index in [-0.39, 0.29) is 18.6 Å². The molecule has 136 valence electrons. The van der Waals surface area contributed by atoms with Gasteiger partial charge in [-0.25, -0.2) is 19.7 Å². The van der Waals surface area contributed by atoms with E-state index in [1.807, 2.05) is 30.3 Å². The van der Waals surface area contributed by atoms with E-state index in [1.54, 1.807) is 18.5 Å². The van der Waals surface area contributed by atoms with E-state index in [9.17, 15) is 14.7 Å². The van der Waals surface area contributed by atoms with E-state index in [0.717, 1.165) is 12.0 Å². The maximum Gasteiger partial charge on any atom is 0.417 e. The zero-order chi connectivity index (χ0) is 18.4. The van der Waals surface area contributed by atoms with Gasteiger partial charge in [-0.15, -0.1) is 0 Å². The fraction of sp³-hybridized carbons (Fsp3) is 0.368. The molecule has 1 fully saturated rings. The molecule has 1 aliphatic rings. The fourth-order valence-corrected chi connectivity index (χ4v) is 3.22. The normalized spacial score (nSPS) is 19.5. The average Bonchev–Trinajstić information content (AvgIpc) is 2.68. The largest absolute Gasteiger partial charge is 0.481 e. The SMILES string of the molecule is O=C(O)[C@H]1CCC[C@@H](N(C(=O)OCc2ccccc2)c2ncccn2)C1. The van der Waals surface area contributed by atoms with Crippen LogP contribution < -0.4 is 4.90 Å². The zero-order valence-electron chi connectivity index (χ0n) is 14.3. The molecule has 26 heavy (non-hydrogen) atoms. The van der Waals surface area contributed by atoms with Crippen LogP contribution in [0.1, 0.15) is 31.2 Å². The van der Waals surface area contributed by atoms with E-state index in [4.69, 9.17) is 4.74 Å². The number of ether oxygens (including phenoxy) is 1. The van der Waals surface area contributed by atoms with Crippen LogP contribution in [0.3, 0.4) is 0 Å². The molecule has 2 atom stereocenters. The molecule has 2 aromatic rings. The van der Waals surface area contributed by atoms with Crippen LogP contribution in [0, 0.1) is 5.92 Å². The third-order valence-electron chi connectivity index (χ3n) is 4.53. The van der Waals surface area contributed by atoms with Gasteiger partial charge >= 0.3 is 12.1 Å². The van der Waals surface area contributed by atoms with Crippen molar-refractivity contribution in [1.29, 1.82) is 0 Å². The summed E-state index contributed by atoms with van der Waals surface area (Å²) in [5, 5.41) is 9.33. The number of anilines is 1. The van der Waals surface area contributed by atoms with Gasteiger partial charge in [0.2, 0.25) is 5.95 Å². The first kappa shape index (κ1) is 17.8. The topological polar surface area (TPSA) is 92.6 Å². The Morgan fingerprint density at radius 1 is 1.12 bits per heavy atom. The molecule has 1 aromatic heterocycles. The van der Waals surface area contributed by atoms with Gasteiger partial charge < -0.3 is 9.84 Å². The van der Waals surface area contributed by atoms with Crippen molar-refractivity contribution < 1.29 is 19.4 Å². The summed E-state index contributed by atoms with van der Waals surface area (Å²) in [5.74, 6) is -1.07. The van der Waals surface area contributed by atoms with Gasteiger partial charge in [0, 0.05) is 18.4 Å². The Hall–Kier alpha value is -2.96. The molecule has 7 nitrogen and oxygen atoms in total. The van der Waals surface area contributed by atoms with Crippen molar-refractivity contribution >= 4 is 18.0 Å². The molecule has 1 aromatic carbocycles. The third-order valence-corrected chi connectivity index (χ3v) is 4.53. The smallest absolute Gasteiger partial charge is 0.417 e. The first-order chi connectivity index (χ1) is 12.6. The number of carbonyl (C=O) groups is 2. The number of hydrogen-bond donors (Lipinski definition) is 1. The minimum Gasteiger partial charge on any atom is -0.481 e. The van der Waals surface area contributed by atoms with Crippen LogP contribution >= 0.6 is 0 Å². The van der Waals surface area contributed by atoms with E-state index >= 15 is 0 Å². The van der Waals surface area contributed by atoms with Gasteiger partial charge in [0.05, 0.1) is 5.92 Å². The van der Waals surface area contributed by atoms with Crippen molar-refractivity contribution in [3.05, 3.63) is 54.4 Å². The Balaban J connectivity index is 1.77. The lowest BCUT2D eigenvalue weighted by atomic mass is 9.85. The highest BCUT2D eigenvalue weighted by Crippen LogP contribution is 2.30. The molecule has 1 amide bonds. The van der Waals surface area contributed by atoms with Crippen molar-refractivity contribution in [2.24, 2.45) is 5.92 Å². The first-order valence-electron chi connectivity index (χ1n) is 8.65. The summed E-state index contributed by atoms with van der Waals surface area (Å²) in [5.41, 5.74) is 0.877. The number of nitrogens with zero attached hydrogens (tertiary/aromatic N) is 3. The number of carboxylic acids is 1. The molecule has 0 unspecified atom stereocenters. The summed E-state index contributed by atoms with van der Waals surface area (Å²) in [4.78, 5) is 33.9. The third kappa shape index (κ3) is 4.36. The summed E-state index contributed by atoms with van der Waals surface area (Å²) in [6, 6.07) is 10.8. The molecule has 1 aliphatic carbocycles. The van der Waals surface area contributed by atoms with Crippen LogP contribution in [0.2, 0.25) is 0 Å². The molecule has 7 heteroatoms. The zero-order valence-corrected chi connectivity index (χ0v) is 14.3. The van der Waals surface area contributed by atoms with Gasteiger partial charge in [-0.1, -0.05) is 36.8 Å². The number of hydrogen-bond acceptors (Lipinski definition) is 5. The molecule has 1 N–H and O–H groups in total. The van der Waals surface area contributed by atoms with E-state index in [2.05, 4.69) is 9.97 Å². The standard InChI is InChI=1S/C19H21N3O4/c23-17(24)15-8-4-9-16(12-15)22(18-20-10-5-11-21-18)19(25)26-13-14-6-2-1-3-7-14/h1-3,5-7,10-11,15-16H,4,8-9,12-13H2,(H,23,24)/t15-,16+/m0/s1. The lowest BCUT2D eigenvalue weighted by molar-refractivity contribution is -0.142. The number of amides is 1. The first-order valence-corrected chi connectivity index (χ1v) is 8.65. The van der Waals surface area contributed by atoms with Gasteiger partial charge in [-0.3, -0.25) is 4.79 Å². The molecule has 0 spiro atoms. The van der Waals surface area contributed by atoms with Crippen molar-refractivity contribution in [2.75, 3.05) is 4.90 Å². The molecule has 0 bridgehead atoms. The van der Waals surface area contributed by atoms with Crippen molar-refractivity contribution in [3.8, 4) is 0 Å². The number of rotatable bonds is 5. The number of carboxylic acid groups (broad SMARTS) is 1. The van der Waals surface area contributed by atoms with Crippen LogP contribution in [-0.2, 0) is 16.1 Å². The van der Waals surface area contributed by atoms with Crippen molar-refractivity contribution in [2.45, 2.75) is 38.3 Å². The van der Waals surface area contributed by atoms with Crippen LogP contribution in [0.25, 0.3) is 0 Å². The van der Waals surface area contributed by atoms with E-state index in [0.29, 0.717) is 19.3 Å². The maximum atomic E-state index is 12.8. The Morgan fingerprint density at radius 2 is 1.85 bits per heavy atom. The minimum atomic E-state index is -0.832. The Labute approximate surface area is 151 Å². The summed E-state index contributed by atoms with van der Waals surface area (Å²) in [7, 11) is 0. The van der Waals surface area contributed by atoms with Gasteiger partial charge in [0.15, 0.2) is 0 Å². The van der Waals surface area contributed by atoms with Crippen LogP contribution in [0.5, 0.6) is 0 Å². The highest BCUT2D eigenvalue weighted by molar-refractivity contribution is 5.86. The van der Waals surface area contributed by atoms with Crippen LogP contribution in [0.15, 0.2) is 48.8 Å². The van der Waals surface area contributed by atoms with Crippen molar-refractivity contribution in [3.63, 3.8) is 0 Å². The second-order valence-electron chi connectivity index (χ2n) is 6.31. The summed E-state index contributed by atoms with van der Waals surface area (Å²) < 4.78 is 5.45. The Bertz CT molecular complexity index is 739. The molecular formula is C19H21N3O4. The maximum absolute atomic E-state index is 12.8. The quantitative estimate of drug-likeness (QED) is 0.885. The highest BCUT2D eigenvalue weighted by Gasteiger charge is 2.35. The van der Waals surface area contributed by atoms with E-state index < -0.39 is 18.0 Å². The highest BCUT2D eigenvalue weighted by atomic mass is 16.6. The summed E-state index contributed by atoms with van der Waals surface area (Å²) in [6.45, 7) is 0.137. The number of aliphatic carboxylic acids is 1. The minimum absolute atomic E-state index is 0.137. The lowest BCUT2D eigenvalue weighted by Crippen LogP contribution is -2.45. The summed E-state index contributed by atoms with van der Waals surface area (Å²) in [6.07, 6.45) is 4.97. The monoisotopic (exact) mass is 355 g/mol. The second-order valence-corrected chi connectivity index (χ2v) is 6.31. The predicted octanol–water partition coefficient (Wildman–Crippen LogP) is 3.26. The lowest BCUT2D eigenvalue weighted by Gasteiger charge is -2.34. The van der Waals surface area contributed by atoms with Crippen LogP contribution in [-0.4, -0.2) is 33.2 Å². The molecule has 3 rings (SSSR count). The van der Waals surface area contributed by atoms with Gasteiger partial charge in [-0.05, 0) is 30.9 Å². The van der Waals surface area contributed by atoms with Crippen molar-refractivity contribution in [1.82, 2.24) is 9.97 Å². The number of benzene rings is 1. The fourth-order valence-electron chi connectivity index (χ4n) is 3.22. The molecular weight excluding hydrogens is 334 g/mol. The molecule has 0 radical (unpaired) electrons. The van der Waals surface area contributed by atoms with Gasteiger partial charge in [0.25, 0.3) is 0 Å². The van der Waals surface area contributed by atoms with E-state index in [1.165, 1.54) is 4.90 Å². The molecule has 0 saturated heterocycles. The Morgan fingerprint density at radius 3 is 2.54 bits per heavy atom. The summed E-state index contributed by atoms with van der Waals surface area (Å²) >= 11 is 0. The van der Waals surface area contributed by atoms with Gasteiger partial charge in [0.1, 0.15) is 6.61 Å². The molecule has 0 aliphatic heterocycles. The second kappa shape index (κ2) is 8.42. The van der Waals surface area contributed by atoms with Crippen LogP contribution in [0.4, 0.5) is 10.7 Å². The predicted molar refractivity (Wildman–Crippen MR) is 94.5 cm³/mol. The number of carbonyl (C=O) groups excluding carboxylic acids is 1. The molecule has 1 heterocycles. The van der Waals surface area contributed by atoms with Gasteiger partial charge in [-0.2, -0.15) is 0 Å². The average molecular weight is 355 g/mol. The Kier molecular flexibility index (Phi) is 5.78.